The smallest absolute Gasteiger partial charge is 0.230 e. The molecule has 5 nitrogen and oxygen atoms in total. The van der Waals surface area contributed by atoms with E-state index in [1.165, 1.54) is 6.20 Å². The Balaban J connectivity index is 1.43. The minimum absolute atomic E-state index is 0.0163. The molecular formula is C26H26ClN3O2. The van der Waals surface area contributed by atoms with E-state index in [1.807, 2.05) is 41.3 Å². The highest BCUT2D eigenvalue weighted by molar-refractivity contribution is 6.30. The molecule has 6 heteroatoms. The van der Waals surface area contributed by atoms with E-state index in [0.717, 1.165) is 24.0 Å². The quantitative estimate of drug-likeness (QED) is 0.569. The van der Waals surface area contributed by atoms with Crippen molar-refractivity contribution in [3.63, 3.8) is 0 Å². The van der Waals surface area contributed by atoms with Crippen LogP contribution in [0.4, 0.5) is 5.82 Å². The molecular weight excluding hydrogens is 422 g/mol. The van der Waals surface area contributed by atoms with E-state index in [2.05, 4.69) is 34.6 Å². The van der Waals surface area contributed by atoms with E-state index in [1.54, 1.807) is 12.1 Å². The van der Waals surface area contributed by atoms with Gasteiger partial charge in [-0.25, -0.2) is 4.98 Å². The lowest BCUT2D eigenvalue weighted by atomic mass is 9.87. The molecule has 0 aliphatic carbocycles. The predicted octanol–water partition coefficient (Wildman–Crippen LogP) is 5.13. The van der Waals surface area contributed by atoms with E-state index >= 15 is 0 Å². The van der Waals surface area contributed by atoms with Crippen LogP contribution in [0.2, 0.25) is 5.02 Å². The molecule has 32 heavy (non-hydrogen) atoms. The van der Waals surface area contributed by atoms with E-state index in [-0.39, 0.29) is 23.7 Å². The number of nitrogens with one attached hydrogen (secondary N) is 1. The Kier molecular flexibility index (Phi) is 7.17. The van der Waals surface area contributed by atoms with Gasteiger partial charge >= 0.3 is 0 Å². The first-order valence-electron chi connectivity index (χ1n) is 10.9. The Labute approximate surface area is 193 Å². The number of hydrogen-bond donors (Lipinski definition) is 1. The molecule has 0 spiro atoms. The molecule has 0 radical (unpaired) electrons. The predicted molar refractivity (Wildman–Crippen MR) is 127 cm³/mol. The summed E-state index contributed by atoms with van der Waals surface area (Å²) in [6.45, 7) is 1.10. The number of hydrogen-bond acceptors (Lipinski definition) is 3. The maximum atomic E-state index is 13.3. The number of carbonyl (C=O) groups excluding carboxylic acids is 2. The molecule has 2 aromatic carbocycles. The topological polar surface area (TPSA) is 62.3 Å². The highest BCUT2D eigenvalue weighted by Gasteiger charge is 2.30. The lowest BCUT2D eigenvalue weighted by molar-refractivity contribution is -0.134. The number of halogens is 1. The zero-order chi connectivity index (χ0) is 22.3. The number of rotatable bonds is 6. The van der Waals surface area contributed by atoms with Crippen LogP contribution < -0.4 is 5.32 Å². The van der Waals surface area contributed by atoms with Gasteiger partial charge in [0.1, 0.15) is 5.82 Å². The summed E-state index contributed by atoms with van der Waals surface area (Å²) in [5, 5.41) is 3.36. The van der Waals surface area contributed by atoms with Gasteiger partial charge in [-0.1, -0.05) is 72.3 Å². The first kappa shape index (κ1) is 22.0. The molecule has 3 aromatic rings. The Morgan fingerprint density at radius 1 is 1.00 bits per heavy atom. The van der Waals surface area contributed by atoms with Crippen molar-refractivity contribution >= 4 is 29.2 Å². The first-order chi connectivity index (χ1) is 15.6. The zero-order valence-corrected chi connectivity index (χ0v) is 18.5. The SMILES string of the molecule is O=C(Nc1ccc(Cl)cn1)C1CCCN(C(=O)CC(c2ccccc2)c2ccccc2)C1. The Hall–Kier alpha value is -3.18. The second-order valence-electron chi connectivity index (χ2n) is 8.11. The van der Waals surface area contributed by atoms with Crippen molar-refractivity contribution in [2.75, 3.05) is 18.4 Å². The number of nitrogens with zero attached hydrogens (tertiary/aromatic N) is 2. The Morgan fingerprint density at radius 3 is 2.25 bits per heavy atom. The second-order valence-corrected chi connectivity index (χ2v) is 8.54. The average molecular weight is 448 g/mol. The Morgan fingerprint density at radius 2 is 1.66 bits per heavy atom. The van der Waals surface area contributed by atoms with Crippen LogP contribution in [0.25, 0.3) is 0 Å². The molecule has 1 aromatic heterocycles. The van der Waals surface area contributed by atoms with E-state index in [9.17, 15) is 9.59 Å². The first-order valence-corrected chi connectivity index (χ1v) is 11.3. The van der Waals surface area contributed by atoms with Gasteiger partial charge in [-0.3, -0.25) is 9.59 Å². The summed E-state index contributed by atoms with van der Waals surface area (Å²) in [4.78, 5) is 32.0. The average Bonchev–Trinajstić information content (AvgIpc) is 2.85. The van der Waals surface area contributed by atoms with Crippen LogP contribution in [0.5, 0.6) is 0 Å². The standard InChI is InChI=1S/C26H26ClN3O2/c27-22-13-14-24(28-17-22)29-26(32)21-12-7-15-30(18-21)25(31)16-23(19-8-3-1-4-9-19)20-10-5-2-6-11-20/h1-6,8-11,13-14,17,21,23H,7,12,15-16,18H2,(H,28,29,32). The number of pyridine rings is 1. The lowest BCUT2D eigenvalue weighted by Gasteiger charge is -2.33. The second kappa shape index (κ2) is 10.4. The van der Waals surface area contributed by atoms with E-state index in [0.29, 0.717) is 30.4 Å². The molecule has 4 rings (SSSR count). The highest BCUT2D eigenvalue weighted by Crippen LogP contribution is 2.29. The molecule has 0 bridgehead atoms. The Bertz CT molecular complexity index is 1000. The third kappa shape index (κ3) is 5.54. The minimum atomic E-state index is -0.253. The monoisotopic (exact) mass is 447 g/mol. The van der Waals surface area contributed by atoms with Gasteiger partial charge in [0.25, 0.3) is 0 Å². The molecule has 1 N–H and O–H groups in total. The summed E-state index contributed by atoms with van der Waals surface area (Å²) in [5.41, 5.74) is 2.24. The van der Waals surface area contributed by atoms with Crippen LogP contribution >= 0.6 is 11.6 Å². The zero-order valence-electron chi connectivity index (χ0n) is 17.8. The number of anilines is 1. The fourth-order valence-corrected chi connectivity index (χ4v) is 4.31. The summed E-state index contributed by atoms with van der Waals surface area (Å²) in [5.74, 6) is 0.162. The van der Waals surface area contributed by atoms with Crippen LogP contribution in [0.15, 0.2) is 79.0 Å². The van der Waals surface area contributed by atoms with Crippen LogP contribution in [0, 0.1) is 5.92 Å². The van der Waals surface area contributed by atoms with E-state index < -0.39 is 0 Å². The summed E-state index contributed by atoms with van der Waals surface area (Å²) < 4.78 is 0. The van der Waals surface area contributed by atoms with Gasteiger partial charge in [-0.05, 0) is 36.1 Å². The number of amides is 2. The normalized spacial score (nSPS) is 16.1. The van der Waals surface area contributed by atoms with Gasteiger partial charge in [-0.15, -0.1) is 0 Å². The molecule has 0 saturated carbocycles. The summed E-state index contributed by atoms with van der Waals surface area (Å²) in [7, 11) is 0. The van der Waals surface area contributed by atoms with Crippen molar-refractivity contribution in [3.05, 3.63) is 95.1 Å². The van der Waals surface area contributed by atoms with Crippen molar-refractivity contribution in [3.8, 4) is 0 Å². The lowest BCUT2D eigenvalue weighted by Crippen LogP contribution is -2.44. The maximum absolute atomic E-state index is 13.3. The number of piperidine rings is 1. The summed E-state index contributed by atoms with van der Waals surface area (Å²) in [6.07, 6.45) is 3.44. The fourth-order valence-electron chi connectivity index (χ4n) is 4.20. The molecule has 1 fully saturated rings. The molecule has 164 valence electrons. The largest absolute Gasteiger partial charge is 0.342 e. The third-order valence-electron chi connectivity index (χ3n) is 5.91. The van der Waals surface area contributed by atoms with Gasteiger partial charge in [0.2, 0.25) is 11.8 Å². The number of carbonyl (C=O) groups is 2. The van der Waals surface area contributed by atoms with Gasteiger partial charge in [0.05, 0.1) is 10.9 Å². The molecule has 2 amide bonds. The van der Waals surface area contributed by atoms with Gasteiger partial charge < -0.3 is 10.2 Å². The van der Waals surface area contributed by atoms with Crippen molar-refractivity contribution in [2.24, 2.45) is 5.92 Å². The number of likely N-dealkylation sites (tertiary alicyclic amines) is 1. The molecule has 2 heterocycles. The molecule has 1 aliphatic rings. The fraction of sp³-hybridized carbons (Fsp3) is 0.269. The van der Waals surface area contributed by atoms with Crippen molar-refractivity contribution in [1.82, 2.24) is 9.88 Å². The summed E-state index contributed by atoms with van der Waals surface area (Å²) in [6, 6.07) is 23.6. The molecule has 1 atom stereocenters. The number of aromatic nitrogens is 1. The molecule has 1 saturated heterocycles. The molecule has 1 unspecified atom stereocenters. The van der Waals surface area contributed by atoms with Crippen molar-refractivity contribution in [1.29, 1.82) is 0 Å². The van der Waals surface area contributed by atoms with Gasteiger partial charge in [0, 0.05) is 31.6 Å². The van der Waals surface area contributed by atoms with Crippen LogP contribution in [-0.2, 0) is 9.59 Å². The van der Waals surface area contributed by atoms with Gasteiger partial charge in [0.15, 0.2) is 0 Å². The highest BCUT2D eigenvalue weighted by atomic mass is 35.5. The van der Waals surface area contributed by atoms with Crippen molar-refractivity contribution < 1.29 is 9.59 Å². The van der Waals surface area contributed by atoms with Crippen LogP contribution in [0.1, 0.15) is 36.3 Å². The maximum Gasteiger partial charge on any atom is 0.230 e. The minimum Gasteiger partial charge on any atom is -0.342 e. The van der Waals surface area contributed by atoms with Gasteiger partial charge in [-0.2, -0.15) is 0 Å². The third-order valence-corrected chi connectivity index (χ3v) is 6.13. The summed E-state index contributed by atoms with van der Waals surface area (Å²) >= 11 is 5.86. The van der Waals surface area contributed by atoms with Crippen molar-refractivity contribution in [2.45, 2.75) is 25.2 Å². The van der Waals surface area contributed by atoms with E-state index in [4.69, 9.17) is 11.6 Å². The number of benzene rings is 2. The molecule has 1 aliphatic heterocycles. The van der Waals surface area contributed by atoms with Crippen LogP contribution in [-0.4, -0.2) is 34.8 Å². The van der Waals surface area contributed by atoms with Crippen LogP contribution in [0.3, 0.4) is 0 Å².